The summed E-state index contributed by atoms with van der Waals surface area (Å²) in [6.45, 7) is 1.87. The number of hydrogen-bond acceptors (Lipinski definition) is 4. The van der Waals surface area contributed by atoms with E-state index in [0.29, 0.717) is 22.6 Å². The Morgan fingerprint density at radius 3 is 2.81 bits per heavy atom. The van der Waals surface area contributed by atoms with E-state index < -0.39 is 12.1 Å². The average molecular weight is 366 g/mol. The predicted molar refractivity (Wildman–Crippen MR) is 103 cm³/mol. The number of nitrogens with two attached hydrogens (primary N) is 1. The van der Waals surface area contributed by atoms with E-state index in [4.69, 9.17) is 5.73 Å². The Morgan fingerprint density at radius 2 is 2.11 bits per heavy atom. The SMILES string of the molecule is Cc1ccn(C)c(=O)c1-c1cc(N)c2cnc(NC(=O)[C@@H]3C[C@H]3F)cc2c1. The summed E-state index contributed by atoms with van der Waals surface area (Å²) in [4.78, 5) is 28.7. The second kappa shape index (κ2) is 6.19. The second-order valence-electron chi connectivity index (χ2n) is 6.99. The largest absolute Gasteiger partial charge is 0.398 e. The number of nitrogens with one attached hydrogen (secondary N) is 1. The predicted octanol–water partition coefficient (Wildman–Crippen LogP) is 2.79. The van der Waals surface area contributed by atoms with Gasteiger partial charge in [0.25, 0.3) is 5.56 Å². The molecule has 0 unspecified atom stereocenters. The number of anilines is 2. The third-order valence-electron chi connectivity index (χ3n) is 4.93. The number of fused-ring (bicyclic) bond motifs is 1. The van der Waals surface area contributed by atoms with Gasteiger partial charge >= 0.3 is 0 Å². The van der Waals surface area contributed by atoms with Gasteiger partial charge in [-0.3, -0.25) is 9.59 Å². The Morgan fingerprint density at radius 1 is 1.37 bits per heavy atom. The Bertz CT molecular complexity index is 1140. The number of carbonyl (C=O) groups excluding carboxylic acids is 1. The van der Waals surface area contributed by atoms with E-state index >= 15 is 0 Å². The fraction of sp³-hybridized carbons (Fsp3) is 0.250. The van der Waals surface area contributed by atoms with Crippen molar-refractivity contribution in [2.45, 2.75) is 19.5 Å². The molecule has 4 rings (SSSR count). The average Bonchev–Trinajstić information content (AvgIpc) is 3.35. The Balaban J connectivity index is 1.79. The summed E-state index contributed by atoms with van der Waals surface area (Å²) in [7, 11) is 1.70. The minimum Gasteiger partial charge on any atom is -0.398 e. The summed E-state index contributed by atoms with van der Waals surface area (Å²) < 4.78 is 14.6. The van der Waals surface area contributed by atoms with Crippen molar-refractivity contribution in [3.05, 3.63) is 52.6 Å². The summed E-state index contributed by atoms with van der Waals surface area (Å²) in [6.07, 6.45) is 2.48. The lowest BCUT2D eigenvalue weighted by molar-refractivity contribution is -0.117. The first-order valence-electron chi connectivity index (χ1n) is 8.66. The van der Waals surface area contributed by atoms with Crippen LogP contribution < -0.4 is 16.6 Å². The molecule has 0 spiro atoms. The standard InChI is InChI=1S/C20H19FN4O2/c1-10-3-4-25(2)20(27)18(10)12-5-11-7-17(23-9-14(11)16(22)6-12)24-19(26)13-8-15(13)21/h3-7,9,13,15H,8,22H2,1-2H3,(H,23,24,26)/t13-,15-/m1/s1. The van der Waals surface area contributed by atoms with E-state index in [1.165, 1.54) is 4.57 Å². The van der Waals surface area contributed by atoms with Gasteiger partial charge in [0.1, 0.15) is 12.0 Å². The van der Waals surface area contributed by atoms with Crippen molar-refractivity contribution in [2.75, 3.05) is 11.1 Å². The number of nitrogen functional groups attached to an aromatic ring is 1. The van der Waals surface area contributed by atoms with Gasteiger partial charge < -0.3 is 15.6 Å². The van der Waals surface area contributed by atoms with Gasteiger partial charge in [0, 0.05) is 30.5 Å². The second-order valence-corrected chi connectivity index (χ2v) is 6.99. The van der Waals surface area contributed by atoms with Crippen LogP contribution in [0.25, 0.3) is 21.9 Å². The lowest BCUT2D eigenvalue weighted by Gasteiger charge is -2.11. The minimum absolute atomic E-state index is 0.112. The summed E-state index contributed by atoms with van der Waals surface area (Å²) in [5.41, 5.74) is 8.68. The highest BCUT2D eigenvalue weighted by Gasteiger charge is 2.43. The Hall–Kier alpha value is -3.22. The van der Waals surface area contributed by atoms with Gasteiger partial charge in [-0.2, -0.15) is 0 Å². The number of aryl methyl sites for hydroxylation is 2. The molecule has 7 heteroatoms. The molecular weight excluding hydrogens is 347 g/mol. The number of carbonyl (C=O) groups is 1. The highest BCUT2D eigenvalue weighted by Crippen LogP contribution is 2.35. The smallest absolute Gasteiger partial charge is 0.258 e. The van der Waals surface area contributed by atoms with Crippen molar-refractivity contribution in [3.63, 3.8) is 0 Å². The van der Waals surface area contributed by atoms with E-state index in [2.05, 4.69) is 10.3 Å². The number of rotatable bonds is 3. The molecule has 1 saturated carbocycles. The quantitative estimate of drug-likeness (QED) is 0.698. The molecule has 1 aliphatic rings. The normalized spacial score (nSPS) is 18.5. The molecule has 1 fully saturated rings. The fourth-order valence-electron chi connectivity index (χ4n) is 3.22. The van der Waals surface area contributed by atoms with Crippen LogP contribution in [0.5, 0.6) is 0 Å². The van der Waals surface area contributed by atoms with Gasteiger partial charge in [-0.15, -0.1) is 0 Å². The molecule has 27 heavy (non-hydrogen) atoms. The number of nitrogens with zero attached hydrogens (tertiary/aromatic N) is 2. The summed E-state index contributed by atoms with van der Waals surface area (Å²) in [5.74, 6) is -0.624. The van der Waals surface area contributed by atoms with Crippen LogP contribution in [-0.4, -0.2) is 21.6 Å². The number of benzene rings is 1. The van der Waals surface area contributed by atoms with Crippen LogP contribution in [0.1, 0.15) is 12.0 Å². The van der Waals surface area contributed by atoms with Gasteiger partial charge in [-0.25, -0.2) is 9.37 Å². The van der Waals surface area contributed by atoms with Crippen LogP contribution in [0.4, 0.5) is 15.9 Å². The van der Waals surface area contributed by atoms with Gasteiger partial charge in [0.15, 0.2) is 0 Å². The minimum atomic E-state index is -1.06. The molecule has 6 nitrogen and oxygen atoms in total. The van der Waals surface area contributed by atoms with Crippen LogP contribution in [0.2, 0.25) is 0 Å². The van der Waals surface area contributed by atoms with Crippen LogP contribution >= 0.6 is 0 Å². The maximum Gasteiger partial charge on any atom is 0.258 e. The molecule has 1 aliphatic carbocycles. The molecule has 2 heterocycles. The molecule has 138 valence electrons. The lowest BCUT2D eigenvalue weighted by Crippen LogP contribution is -2.19. The van der Waals surface area contributed by atoms with Crippen molar-refractivity contribution < 1.29 is 9.18 Å². The number of amides is 1. The maximum atomic E-state index is 13.1. The molecule has 1 amide bonds. The van der Waals surface area contributed by atoms with Crippen molar-refractivity contribution in [1.82, 2.24) is 9.55 Å². The number of halogens is 1. The van der Waals surface area contributed by atoms with E-state index in [9.17, 15) is 14.0 Å². The molecule has 0 bridgehead atoms. The third kappa shape index (κ3) is 3.05. The Labute approximate surface area is 154 Å². The van der Waals surface area contributed by atoms with Crippen molar-refractivity contribution in [1.29, 1.82) is 0 Å². The first kappa shape index (κ1) is 17.2. The van der Waals surface area contributed by atoms with Crippen LogP contribution in [-0.2, 0) is 11.8 Å². The van der Waals surface area contributed by atoms with E-state index in [0.717, 1.165) is 16.3 Å². The van der Waals surface area contributed by atoms with Crippen molar-refractivity contribution in [3.8, 4) is 11.1 Å². The summed E-state index contributed by atoms with van der Waals surface area (Å²) >= 11 is 0. The molecule has 2 atom stereocenters. The molecular formula is C20H19FN4O2. The van der Waals surface area contributed by atoms with E-state index in [1.54, 1.807) is 31.6 Å². The highest BCUT2D eigenvalue weighted by molar-refractivity contribution is 6.00. The number of pyridine rings is 2. The Kier molecular flexibility index (Phi) is 3.95. The maximum absolute atomic E-state index is 13.1. The van der Waals surface area contributed by atoms with E-state index in [1.807, 2.05) is 19.1 Å². The zero-order chi connectivity index (χ0) is 19.3. The fourth-order valence-corrected chi connectivity index (χ4v) is 3.22. The van der Waals surface area contributed by atoms with E-state index in [-0.39, 0.29) is 17.9 Å². The van der Waals surface area contributed by atoms with Crippen LogP contribution in [0.3, 0.4) is 0 Å². The first-order chi connectivity index (χ1) is 12.8. The highest BCUT2D eigenvalue weighted by atomic mass is 19.1. The number of hydrogen-bond donors (Lipinski definition) is 2. The van der Waals surface area contributed by atoms with Gasteiger partial charge in [-0.1, -0.05) is 0 Å². The molecule has 1 aromatic carbocycles. The zero-order valence-corrected chi connectivity index (χ0v) is 15.0. The van der Waals surface area contributed by atoms with Crippen LogP contribution in [0.15, 0.2) is 41.5 Å². The molecule has 0 saturated heterocycles. The molecule has 0 radical (unpaired) electrons. The topological polar surface area (TPSA) is 90.0 Å². The zero-order valence-electron chi connectivity index (χ0n) is 15.0. The van der Waals surface area contributed by atoms with Crippen molar-refractivity contribution in [2.24, 2.45) is 13.0 Å². The number of aromatic nitrogens is 2. The molecule has 0 aliphatic heterocycles. The van der Waals surface area contributed by atoms with Gasteiger partial charge in [0.2, 0.25) is 5.91 Å². The number of alkyl halides is 1. The lowest BCUT2D eigenvalue weighted by atomic mass is 9.98. The van der Waals surface area contributed by atoms with Gasteiger partial charge in [0.05, 0.1) is 11.5 Å². The van der Waals surface area contributed by atoms with Gasteiger partial charge in [-0.05, 0) is 54.1 Å². The third-order valence-corrected chi connectivity index (χ3v) is 4.93. The van der Waals surface area contributed by atoms with Crippen molar-refractivity contribution >= 4 is 28.2 Å². The molecule has 3 aromatic rings. The monoisotopic (exact) mass is 366 g/mol. The molecule has 2 aromatic heterocycles. The van der Waals surface area contributed by atoms with Crippen LogP contribution in [0, 0.1) is 12.8 Å². The molecule has 3 N–H and O–H groups in total. The first-order valence-corrected chi connectivity index (χ1v) is 8.66. The summed E-state index contributed by atoms with van der Waals surface area (Å²) in [5, 5.41) is 4.10. The summed E-state index contributed by atoms with van der Waals surface area (Å²) in [6, 6.07) is 7.16.